The van der Waals surface area contributed by atoms with Crippen LogP contribution in [0.15, 0.2) is 6.07 Å². The van der Waals surface area contributed by atoms with E-state index in [1.807, 2.05) is 54.5 Å². The smallest absolute Gasteiger partial charge is 0.410 e. The van der Waals surface area contributed by atoms with Crippen LogP contribution in [0.2, 0.25) is 0 Å². The number of carbonyl (C=O) groups excluding carboxylic acids is 2. The average molecular weight is 521 g/mol. The molecule has 2 amide bonds. The summed E-state index contributed by atoms with van der Waals surface area (Å²) in [6.07, 6.45) is 2.89. The first-order valence-corrected chi connectivity index (χ1v) is 13.3. The fraction of sp³-hybridized carbons (Fsp3) is 0.778. The van der Waals surface area contributed by atoms with Gasteiger partial charge >= 0.3 is 18.2 Å². The van der Waals surface area contributed by atoms with E-state index in [0.717, 1.165) is 31.4 Å². The van der Waals surface area contributed by atoms with Crippen molar-refractivity contribution in [2.45, 2.75) is 85.4 Å². The van der Waals surface area contributed by atoms with E-state index in [4.69, 9.17) is 18.9 Å². The van der Waals surface area contributed by atoms with Gasteiger partial charge in [0, 0.05) is 37.9 Å². The van der Waals surface area contributed by atoms with Crippen molar-refractivity contribution in [3.8, 4) is 11.9 Å². The summed E-state index contributed by atoms with van der Waals surface area (Å²) in [5, 5.41) is 0. The average Bonchev–Trinajstić information content (AvgIpc) is 2.79. The van der Waals surface area contributed by atoms with E-state index in [0.29, 0.717) is 63.1 Å². The Bertz CT molecular complexity index is 840. The van der Waals surface area contributed by atoms with E-state index in [2.05, 4.69) is 9.97 Å². The maximum atomic E-state index is 12.3. The third kappa shape index (κ3) is 9.89. The first kappa shape index (κ1) is 28.8. The molecule has 0 bridgehead atoms. The van der Waals surface area contributed by atoms with Crippen LogP contribution in [0.1, 0.15) is 72.9 Å². The Hall–Kier alpha value is -2.78. The zero-order chi connectivity index (χ0) is 27.2. The van der Waals surface area contributed by atoms with Gasteiger partial charge in [-0.25, -0.2) is 14.6 Å². The van der Waals surface area contributed by atoms with Crippen LogP contribution in [0.3, 0.4) is 0 Å². The molecule has 2 fully saturated rings. The minimum absolute atomic E-state index is 0.254. The number of amides is 2. The molecule has 37 heavy (non-hydrogen) atoms. The Morgan fingerprint density at radius 2 is 1.22 bits per heavy atom. The van der Waals surface area contributed by atoms with Crippen LogP contribution in [-0.2, 0) is 9.47 Å². The molecular formula is C27H44N4O6. The lowest BCUT2D eigenvalue weighted by Gasteiger charge is -2.33. The van der Waals surface area contributed by atoms with Gasteiger partial charge in [0.1, 0.15) is 11.2 Å². The molecule has 1 aromatic rings. The minimum atomic E-state index is -0.489. The molecule has 0 N–H and O–H groups in total. The SMILES string of the molecule is Cc1cc(OCC2CCN(C(=O)OC(C)(C)C)CC2)nc(OCC2CCN(C(=O)OC(C)(C)C)CC2)n1. The van der Waals surface area contributed by atoms with E-state index in [1.165, 1.54) is 0 Å². The second-order valence-electron chi connectivity index (χ2n) is 12.1. The quantitative estimate of drug-likeness (QED) is 0.525. The van der Waals surface area contributed by atoms with E-state index in [9.17, 15) is 9.59 Å². The molecule has 2 saturated heterocycles. The molecule has 0 aromatic carbocycles. The van der Waals surface area contributed by atoms with Crippen molar-refractivity contribution < 1.29 is 28.5 Å². The number of hydrogen-bond donors (Lipinski definition) is 0. The van der Waals surface area contributed by atoms with Crippen molar-refractivity contribution in [2.24, 2.45) is 11.8 Å². The van der Waals surface area contributed by atoms with E-state index < -0.39 is 11.2 Å². The molecule has 10 heteroatoms. The van der Waals surface area contributed by atoms with Crippen molar-refractivity contribution in [1.29, 1.82) is 0 Å². The molecule has 2 aliphatic rings. The van der Waals surface area contributed by atoms with Crippen molar-refractivity contribution in [3.05, 3.63) is 11.8 Å². The molecule has 10 nitrogen and oxygen atoms in total. The summed E-state index contributed by atoms with van der Waals surface area (Å²) < 4.78 is 22.8. The van der Waals surface area contributed by atoms with Gasteiger partial charge in [0.05, 0.1) is 13.2 Å². The summed E-state index contributed by atoms with van der Waals surface area (Å²) in [5.74, 6) is 1.16. The lowest BCUT2D eigenvalue weighted by Crippen LogP contribution is -2.42. The summed E-state index contributed by atoms with van der Waals surface area (Å²) in [5.41, 5.74) is -0.199. The van der Waals surface area contributed by atoms with Gasteiger partial charge < -0.3 is 28.7 Å². The molecule has 2 aliphatic heterocycles. The Morgan fingerprint density at radius 1 is 0.784 bits per heavy atom. The molecule has 0 unspecified atom stereocenters. The second kappa shape index (κ2) is 12.2. The number of carbonyl (C=O) groups is 2. The van der Waals surface area contributed by atoms with E-state index >= 15 is 0 Å². The normalized spacial score (nSPS) is 17.9. The van der Waals surface area contributed by atoms with Crippen LogP contribution in [0.25, 0.3) is 0 Å². The Labute approximate surface area is 221 Å². The minimum Gasteiger partial charge on any atom is -0.477 e. The maximum absolute atomic E-state index is 12.3. The molecule has 1 aromatic heterocycles. The standard InChI is InChI=1S/C27H44N4O6/c1-19-16-22(34-17-20-8-12-30(13-9-20)24(32)36-26(2,3)4)29-23(28-19)35-18-21-10-14-31(15-11-21)25(33)37-27(5,6)7/h16,20-21H,8-15,17-18H2,1-7H3. The monoisotopic (exact) mass is 520 g/mol. The molecule has 0 aliphatic carbocycles. The molecular weight excluding hydrogens is 476 g/mol. The predicted octanol–water partition coefficient (Wildman–Crippen LogP) is 4.84. The summed E-state index contributed by atoms with van der Waals surface area (Å²) >= 11 is 0. The summed E-state index contributed by atoms with van der Waals surface area (Å²) in [4.78, 5) is 36.9. The Balaban J connectivity index is 1.40. The highest BCUT2D eigenvalue weighted by Gasteiger charge is 2.28. The number of likely N-dealkylation sites (tertiary alicyclic amines) is 2. The fourth-order valence-corrected chi connectivity index (χ4v) is 4.26. The highest BCUT2D eigenvalue weighted by atomic mass is 16.6. The molecule has 208 valence electrons. The Morgan fingerprint density at radius 3 is 1.65 bits per heavy atom. The van der Waals surface area contributed by atoms with E-state index in [-0.39, 0.29) is 12.2 Å². The second-order valence-corrected chi connectivity index (χ2v) is 12.1. The maximum Gasteiger partial charge on any atom is 0.410 e. The predicted molar refractivity (Wildman–Crippen MR) is 139 cm³/mol. The van der Waals surface area contributed by atoms with Gasteiger partial charge in [-0.15, -0.1) is 0 Å². The molecule has 0 radical (unpaired) electrons. The van der Waals surface area contributed by atoms with Crippen LogP contribution in [0, 0.1) is 18.8 Å². The number of ether oxygens (including phenoxy) is 4. The number of nitrogens with zero attached hydrogens (tertiary/aromatic N) is 4. The number of aryl methyl sites for hydroxylation is 1. The summed E-state index contributed by atoms with van der Waals surface area (Å²) in [7, 11) is 0. The van der Waals surface area contributed by atoms with Gasteiger partial charge in [-0.05, 0) is 86.0 Å². The number of hydrogen-bond acceptors (Lipinski definition) is 8. The van der Waals surface area contributed by atoms with Gasteiger partial charge in [-0.3, -0.25) is 0 Å². The third-order valence-corrected chi connectivity index (χ3v) is 6.26. The largest absolute Gasteiger partial charge is 0.477 e. The zero-order valence-corrected chi connectivity index (χ0v) is 23.5. The van der Waals surface area contributed by atoms with Gasteiger partial charge in [0.2, 0.25) is 5.88 Å². The van der Waals surface area contributed by atoms with Gasteiger partial charge in [0.25, 0.3) is 0 Å². The fourth-order valence-electron chi connectivity index (χ4n) is 4.26. The van der Waals surface area contributed by atoms with Crippen LogP contribution < -0.4 is 9.47 Å². The highest BCUT2D eigenvalue weighted by molar-refractivity contribution is 5.68. The number of rotatable bonds is 6. The number of aromatic nitrogens is 2. The van der Waals surface area contributed by atoms with Gasteiger partial charge in [-0.2, -0.15) is 4.98 Å². The lowest BCUT2D eigenvalue weighted by molar-refractivity contribution is 0.0156. The Kier molecular flexibility index (Phi) is 9.47. The van der Waals surface area contributed by atoms with E-state index in [1.54, 1.807) is 9.80 Å². The topological polar surface area (TPSA) is 103 Å². The lowest BCUT2D eigenvalue weighted by atomic mass is 9.98. The third-order valence-electron chi connectivity index (χ3n) is 6.26. The van der Waals surface area contributed by atoms with Crippen molar-refractivity contribution in [1.82, 2.24) is 19.8 Å². The molecule has 0 atom stereocenters. The first-order chi connectivity index (χ1) is 17.3. The first-order valence-electron chi connectivity index (χ1n) is 13.3. The summed E-state index contributed by atoms with van der Waals surface area (Å²) in [6.45, 7) is 16.8. The molecule has 0 spiro atoms. The van der Waals surface area contributed by atoms with Crippen molar-refractivity contribution >= 4 is 12.2 Å². The summed E-state index contributed by atoms with van der Waals surface area (Å²) in [6, 6.07) is 2.12. The van der Waals surface area contributed by atoms with Crippen molar-refractivity contribution in [3.63, 3.8) is 0 Å². The van der Waals surface area contributed by atoms with Crippen LogP contribution >= 0.6 is 0 Å². The van der Waals surface area contributed by atoms with Crippen molar-refractivity contribution in [2.75, 3.05) is 39.4 Å². The van der Waals surface area contributed by atoms with Crippen LogP contribution in [-0.4, -0.2) is 82.5 Å². The van der Waals surface area contributed by atoms with Gasteiger partial charge in [0.15, 0.2) is 0 Å². The van der Waals surface area contributed by atoms with Crippen LogP contribution in [0.4, 0.5) is 9.59 Å². The molecule has 0 saturated carbocycles. The zero-order valence-electron chi connectivity index (χ0n) is 23.5. The van der Waals surface area contributed by atoms with Crippen LogP contribution in [0.5, 0.6) is 11.9 Å². The number of piperidine rings is 2. The molecule has 3 rings (SSSR count). The van der Waals surface area contributed by atoms with Gasteiger partial charge in [-0.1, -0.05) is 0 Å². The molecule has 3 heterocycles. The highest BCUT2D eigenvalue weighted by Crippen LogP contribution is 2.23.